The maximum absolute atomic E-state index is 8.73. The molecular weight excluding hydrogens is 192 g/mol. The molecule has 0 amide bonds. The zero-order chi connectivity index (χ0) is 11.3. The molecule has 0 saturated heterocycles. The molecule has 0 aliphatic rings. The molecule has 0 radical (unpaired) electrons. The van der Waals surface area contributed by atoms with E-state index < -0.39 is 0 Å². The summed E-state index contributed by atoms with van der Waals surface area (Å²) < 4.78 is 0. The monoisotopic (exact) mass is 210 g/mol. The molecular formula is C10H18N4O. The lowest BCUT2D eigenvalue weighted by Gasteiger charge is -2.12. The Morgan fingerprint density at radius 1 is 1.47 bits per heavy atom. The van der Waals surface area contributed by atoms with Gasteiger partial charge in [0.05, 0.1) is 5.69 Å². The van der Waals surface area contributed by atoms with Gasteiger partial charge in [0.2, 0.25) is 0 Å². The van der Waals surface area contributed by atoms with Crippen molar-refractivity contribution >= 4 is 17.3 Å². The quantitative estimate of drug-likeness (QED) is 0.573. The van der Waals surface area contributed by atoms with Crippen molar-refractivity contribution in [2.75, 3.05) is 29.9 Å². The summed E-state index contributed by atoms with van der Waals surface area (Å²) in [5.41, 5.74) is 11.6. The number of nitrogen functional groups attached to an aromatic ring is 2. The second-order valence-corrected chi connectivity index (χ2v) is 3.67. The minimum Gasteiger partial charge on any atom is -0.396 e. The lowest BCUT2D eigenvalue weighted by atomic mass is 10.1. The fraction of sp³-hybridized carbons (Fsp3) is 0.500. The average molecular weight is 210 g/mol. The van der Waals surface area contributed by atoms with E-state index in [-0.39, 0.29) is 6.61 Å². The van der Waals surface area contributed by atoms with Gasteiger partial charge in [0, 0.05) is 13.2 Å². The van der Waals surface area contributed by atoms with Crippen LogP contribution in [0.1, 0.15) is 13.3 Å². The third-order valence-electron chi connectivity index (χ3n) is 2.21. The third kappa shape index (κ3) is 3.63. The van der Waals surface area contributed by atoms with E-state index in [0.29, 0.717) is 23.2 Å². The Balaban J connectivity index is 2.47. The van der Waals surface area contributed by atoms with E-state index in [1.807, 2.05) is 0 Å². The van der Waals surface area contributed by atoms with Gasteiger partial charge < -0.3 is 21.9 Å². The van der Waals surface area contributed by atoms with Gasteiger partial charge in [0.15, 0.2) is 0 Å². The normalized spacial score (nSPS) is 12.4. The summed E-state index contributed by atoms with van der Waals surface area (Å²) >= 11 is 0. The van der Waals surface area contributed by atoms with Gasteiger partial charge in [-0.3, -0.25) is 0 Å². The summed E-state index contributed by atoms with van der Waals surface area (Å²) in [6.45, 7) is 3.03. The number of aliphatic hydroxyl groups excluding tert-OH is 1. The summed E-state index contributed by atoms with van der Waals surface area (Å²) in [5.74, 6) is 1.46. The predicted molar refractivity (Wildman–Crippen MR) is 62.4 cm³/mol. The Kier molecular flexibility index (Phi) is 4.17. The standard InChI is InChI=1S/C10H18N4O/c1-7(4-5-15)6-13-9-3-2-8(11)10(12)14-9/h2-3,7,15H,4-6,11H2,1H3,(H3,12,13,14). The highest BCUT2D eigenvalue weighted by atomic mass is 16.3. The molecule has 0 aliphatic heterocycles. The number of aromatic nitrogens is 1. The minimum absolute atomic E-state index is 0.208. The van der Waals surface area contributed by atoms with Crippen LogP contribution in [0.5, 0.6) is 0 Å². The van der Waals surface area contributed by atoms with E-state index in [0.717, 1.165) is 13.0 Å². The Morgan fingerprint density at radius 2 is 2.20 bits per heavy atom. The van der Waals surface area contributed by atoms with Crippen LogP contribution in [0, 0.1) is 5.92 Å². The largest absolute Gasteiger partial charge is 0.396 e. The van der Waals surface area contributed by atoms with Crippen LogP contribution in [0.25, 0.3) is 0 Å². The Hall–Kier alpha value is -1.49. The molecule has 84 valence electrons. The van der Waals surface area contributed by atoms with Crippen molar-refractivity contribution < 1.29 is 5.11 Å². The van der Waals surface area contributed by atoms with Crippen LogP contribution in [0.15, 0.2) is 12.1 Å². The molecule has 0 aromatic carbocycles. The van der Waals surface area contributed by atoms with Crippen LogP contribution >= 0.6 is 0 Å². The first kappa shape index (κ1) is 11.6. The second-order valence-electron chi connectivity index (χ2n) is 3.67. The Morgan fingerprint density at radius 3 is 2.80 bits per heavy atom. The third-order valence-corrected chi connectivity index (χ3v) is 2.21. The van der Waals surface area contributed by atoms with Crippen LogP contribution < -0.4 is 16.8 Å². The van der Waals surface area contributed by atoms with Crippen molar-refractivity contribution in [1.29, 1.82) is 0 Å². The molecule has 0 fully saturated rings. The summed E-state index contributed by atoms with van der Waals surface area (Å²) in [5, 5.41) is 11.9. The number of aliphatic hydroxyl groups is 1. The maximum atomic E-state index is 8.73. The Labute approximate surface area is 89.5 Å². The first-order valence-corrected chi connectivity index (χ1v) is 5.00. The predicted octanol–water partition coefficient (Wildman–Crippen LogP) is 0.676. The van der Waals surface area contributed by atoms with Gasteiger partial charge in [-0.25, -0.2) is 4.98 Å². The topological polar surface area (TPSA) is 97.2 Å². The van der Waals surface area contributed by atoms with Gasteiger partial charge >= 0.3 is 0 Å². The number of nitrogens with one attached hydrogen (secondary N) is 1. The minimum atomic E-state index is 0.208. The fourth-order valence-corrected chi connectivity index (χ4v) is 1.19. The number of hydrogen-bond acceptors (Lipinski definition) is 5. The number of anilines is 3. The van der Waals surface area contributed by atoms with Crippen molar-refractivity contribution in [3.05, 3.63) is 12.1 Å². The molecule has 0 bridgehead atoms. The van der Waals surface area contributed by atoms with Crippen molar-refractivity contribution in [2.24, 2.45) is 5.92 Å². The number of hydrogen-bond donors (Lipinski definition) is 4. The van der Waals surface area contributed by atoms with E-state index >= 15 is 0 Å². The zero-order valence-electron chi connectivity index (χ0n) is 8.90. The molecule has 5 nitrogen and oxygen atoms in total. The van der Waals surface area contributed by atoms with Crippen LogP contribution in [0.4, 0.5) is 17.3 Å². The highest BCUT2D eigenvalue weighted by Gasteiger charge is 2.02. The van der Waals surface area contributed by atoms with Crippen molar-refractivity contribution in [3.63, 3.8) is 0 Å². The van der Waals surface area contributed by atoms with Gasteiger partial charge in [-0.2, -0.15) is 0 Å². The van der Waals surface area contributed by atoms with Gasteiger partial charge in [0.1, 0.15) is 11.6 Å². The number of nitrogens with two attached hydrogens (primary N) is 2. The van der Waals surface area contributed by atoms with Gasteiger partial charge in [-0.15, -0.1) is 0 Å². The zero-order valence-corrected chi connectivity index (χ0v) is 8.90. The SMILES string of the molecule is CC(CCO)CNc1ccc(N)c(N)n1. The van der Waals surface area contributed by atoms with Crippen LogP contribution in [-0.2, 0) is 0 Å². The lowest BCUT2D eigenvalue weighted by Crippen LogP contribution is -2.13. The molecule has 0 spiro atoms. The van der Waals surface area contributed by atoms with Crippen molar-refractivity contribution in [2.45, 2.75) is 13.3 Å². The molecule has 1 aromatic heterocycles. The molecule has 6 N–H and O–H groups in total. The Bertz CT molecular complexity index is 316. The average Bonchev–Trinajstić information content (AvgIpc) is 2.20. The molecule has 1 aromatic rings. The lowest BCUT2D eigenvalue weighted by molar-refractivity contribution is 0.266. The van der Waals surface area contributed by atoms with E-state index in [9.17, 15) is 0 Å². The first-order valence-electron chi connectivity index (χ1n) is 5.00. The first-order chi connectivity index (χ1) is 7.13. The smallest absolute Gasteiger partial charge is 0.149 e. The molecule has 5 heteroatoms. The molecule has 1 heterocycles. The second kappa shape index (κ2) is 5.41. The van der Waals surface area contributed by atoms with Crippen LogP contribution in [-0.4, -0.2) is 23.2 Å². The molecule has 0 aliphatic carbocycles. The van der Waals surface area contributed by atoms with Gasteiger partial charge in [-0.1, -0.05) is 6.92 Å². The van der Waals surface area contributed by atoms with E-state index in [1.165, 1.54) is 0 Å². The summed E-state index contributed by atoms with van der Waals surface area (Å²) in [4.78, 5) is 4.08. The van der Waals surface area contributed by atoms with Gasteiger partial charge in [0.25, 0.3) is 0 Å². The maximum Gasteiger partial charge on any atom is 0.149 e. The van der Waals surface area contributed by atoms with Crippen LogP contribution in [0.3, 0.4) is 0 Å². The number of rotatable bonds is 5. The van der Waals surface area contributed by atoms with Crippen molar-refractivity contribution in [1.82, 2.24) is 4.98 Å². The van der Waals surface area contributed by atoms with Gasteiger partial charge in [-0.05, 0) is 24.5 Å². The number of nitrogens with zero attached hydrogens (tertiary/aromatic N) is 1. The molecule has 1 atom stereocenters. The summed E-state index contributed by atoms with van der Waals surface area (Å²) in [6.07, 6.45) is 0.775. The summed E-state index contributed by atoms with van der Waals surface area (Å²) in [7, 11) is 0. The molecule has 15 heavy (non-hydrogen) atoms. The summed E-state index contributed by atoms with van der Waals surface area (Å²) in [6, 6.07) is 3.51. The highest BCUT2D eigenvalue weighted by Crippen LogP contribution is 2.15. The molecule has 0 saturated carbocycles. The molecule has 1 unspecified atom stereocenters. The fourth-order valence-electron chi connectivity index (χ4n) is 1.19. The highest BCUT2D eigenvalue weighted by molar-refractivity contribution is 5.61. The van der Waals surface area contributed by atoms with E-state index in [1.54, 1.807) is 12.1 Å². The number of pyridine rings is 1. The van der Waals surface area contributed by atoms with Crippen LogP contribution in [0.2, 0.25) is 0 Å². The van der Waals surface area contributed by atoms with Crippen molar-refractivity contribution in [3.8, 4) is 0 Å². The molecule has 1 rings (SSSR count). The van der Waals surface area contributed by atoms with E-state index in [4.69, 9.17) is 16.6 Å². The van der Waals surface area contributed by atoms with E-state index in [2.05, 4.69) is 17.2 Å².